The number of fused-ring (bicyclic) bond motifs is 1. The summed E-state index contributed by atoms with van der Waals surface area (Å²) in [5.74, 6) is 1.81. The van der Waals surface area contributed by atoms with E-state index in [2.05, 4.69) is 27.4 Å². The zero-order valence-electron chi connectivity index (χ0n) is 15.9. The van der Waals surface area contributed by atoms with Crippen molar-refractivity contribution in [2.24, 2.45) is 0 Å². The van der Waals surface area contributed by atoms with Crippen molar-refractivity contribution in [1.29, 1.82) is 0 Å². The van der Waals surface area contributed by atoms with Crippen LogP contribution in [0.5, 0.6) is 0 Å². The Morgan fingerprint density at radius 1 is 1.11 bits per heavy atom. The fourth-order valence-corrected chi connectivity index (χ4v) is 4.85. The monoisotopic (exact) mass is 392 g/mol. The Morgan fingerprint density at radius 2 is 2.11 bits per heavy atom. The fourth-order valence-electron chi connectivity index (χ4n) is 4.13. The van der Waals surface area contributed by atoms with E-state index in [1.165, 1.54) is 16.1 Å². The predicted octanol–water partition coefficient (Wildman–Crippen LogP) is 4.27. The van der Waals surface area contributed by atoms with Crippen molar-refractivity contribution in [3.63, 3.8) is 0 Å². The topological polar surface area (TPSA) is 51.1 Å². The number of pyridine rings is 1. The van der Waals surface area contributed by atoms with Gasteiger partial charge in [0.2, 0.25) is 0 Å². The molecule has 0 radical (unpaired) electrons. The molecule has 0 saturated carbocycles. The van der Waals surface area contributed by atoms with Crippen molar-refractivity contribution in [1.82, 2.24) is 15.0 Å². The molecule has 5 rings (SSSR count). The van der Waals surface area contributed by atoms with Crippen LogP contribution in [0, 0.1) is 0 Å². The van der Waals surface area contributed by atoms with Gasteiger partial charge >= 0.3 is 0 Å². The first-order valence-electron chi connectivity index (χ1n) is 10.1. The van der Waals surface area contributed by atoms with Crippen LogP contribution in [0.3, 0.4) is 0 Å². The molecule has 4 heterocycles. The van der Waals surface area contributed by atoms with Gasteiger partial charge in [-0.2, -0.15) is 0 Å². The molecule has 3 aromatic heterocycles. The normalized spacial score (nSPS) is 18.4. The number of rotatable bonds is 6. The molecule has 1 unspecified atom stereocenters. The van der Waals surface area contributed by atoms with Crippen LogP contribution in [0.1, 0.15) is 35.4 Å². The molecule has 1 atom stereocenters. The highest BCUT2D eigenvalue weighted by Gasteiger charge is 2.27. The molecule has 5 nitrogen and oxygen atoms in total. The summed E-state index contributed by atoms with van der Waals surface area (Å²) in [4.78, 5) is 18.2. The molecule has 1 fully saturated rings. The van der Waals surface area contributed by atoms with Gasteiger partial charge in [-0.25, -0.2) is 9.97 Å². The summed E-state index contributed by atoms with van der Waals surface area (Å²) >= 11 is 1.80. The first-order chi connectivity index (χ1) is 13.9. The lowest BCUT2D eigenvalue weighted by molar-refractivity contribution is 0.115. The zero-order valence-corrected chi connectivity index (χ0v) is 16.7. The number of aromatic nitrogens is 3. The maximum Gasteiger partial charge on any atom is 0.180 e. The molecule has 0 aromatic carbocycles. The molecule has 0 amide bonds. The van der Waals surface area contributed by atoms with E-state index in [0.29, 0.717) is 0 Å². The highest BCUT2D eigenvalue weighted by Crippen LogP contribution is 2.33. The molecule has 3 aromatic rings. The van der Waals surface area contributed by atoms with E-state index in [0.717, 1.165) is 69.1 Å². The molecule has 1 aliphatic heterocycles. The first-order valence-corrected chi connectivity index (χ1v) is 10.9. The van der Waals surface area contributed by atoms with Crippen molar-refractivity contribution in [3.05, 3.63) is 58.0 Å². The minimum Gasteiger partial charge on any atom is -0.376 e. The van der Waals surface area contributed by atoms with Crippen LogP contribution in [0.2, 0.25) is 0 Å². The van der Waals surface area contributed by atoms with Gasteiger partial charge in [0.15, 0.2) is 5.82 Å². The zero-order chi connectivity index (χ0) is 18.8. The summed E-state index contributed by atoms with van der Waals surface area (Å²) in [6, 6.07) is 10.2. The van der Waals surface area contributed by atoms with Gasteiger partial charge in [-0.1, -0.05) is 12.1 Å². The van der Waals surface area contributed by atoms with E-state index in [1.54, 1.807) is 17.5 Å². The Balaban J connectivity index is 1.55. The summed E-state index contributed by atoms with van der Waals surface area (Å²) in [6.45, 7) is 2.62. The van der Waals surface area contributed by atoms with Crippen molar-refractivity contribution in [2.45, 2.75) is 44.8 Å². The van der Waals surface area contributed by atoms with Crippen molar-refractivity contribution in [3.8, 4) is 11.5 Å². The highest BCUT2D eigenvalue weighted by molar-refractivity contribution is 7.09. The quantitative estimate of drug-likeness (QED) is 0.627. The van der Waals surface area contributed by atoms with Crippen molar-refractivity contribution in [2.75, 3.05) is 18.1 Å². The van der Waals surface area contributed by atoms with E-state index < -0.39 is 0 Å². The number of aryl methyl sites for hydroxylation is 1. The summed E-state index contributed by atoms with van der Waals surface area (Å²) in [5.41, 5.74) is 3.34. The van der Waals surface area contributed by atoms with Crippen LogP contribution in [0.25, 0.3) is 11.5 Å². The van der Waals surface area contributed by atoms with E-state index in [-0.39, 0.29) is 6.10 Å². The molecule has 28 heavy (non-hydrogen) atoms. The van der Waals surface area contributed by atoms with Gasteiger partial charge in [-0.05, 0) is 55.7 Å². The highest BCUT2D eigenvalue weighted by atomic mass is 32.1. The van der Waals surface area contributed by atoms with Crippen LogP contribution in [0.4, 0.5) is 5.82 Å². The number of nitrogens with zero attached hydrogens (tertiary/aromatic N) is 4. The molecular formula is C22H24N4OS. The van der Waals surface area contributed by atoms with Gasteiger partial charge in [0.1, 0.15) is 11.5 Å². The van der Waals surface area contributed by atoms with Crippen LogP contribution < -0.4 is 4.90 Å². The van der Waals surface area contributed by atoms with Crippen molar-refractivity contribution >= 4 is 17.2 Å². The first kappa shape index (κ1) is 17.8. The second-order valence-corrected chi connectivity index (χ2v) is 8.49. The molecular weight excluding hydrogens is 368 g/mol. The summed E-state index contributed by atoms with van der Waals surface area (Å²) in [7, 11) is 0. The van der Waals surface area contributed by atoms with E-state index >= 15 is 0 Å². The lowest BCUT2D eigenvalue weighted by Gasteiger charge is -2.28. The standard InChI is InChI=1S/C22H24N4OS/c1-2-11-23-20(9-1)21-24-19-10-3-8-18(19)22(25-21)26(14-16-6-4-12-27-16)15-17-7-5-13-28-17/h1-2,5,7,9,11,13,16H,3-4,6,8,10,12,14-15H2. The van der Waals surface area contributed by atoms with Gasteiger partial charge in [-0.15, -0.1) is 11.3 Å². The van der Waals surface area contributed by atoms with Gasteiger partial charge in [0.25, 0.3) is 0 Å². The molecule has 0 bridgehead atoms. The van der Waals surface area contributed by atoms with Crippen LogP contribution in [-0.2, 0) is 24.1 Å². The van der Waals surface area contributed by atoms with Crippen molar-refractivity contribution < 1.29 is 4.74 Å². The number of thiophene rings is 1. The maximum absolute atomic E-state index is 5.96. The Labute approximate surface area is 169 Å². The number of anilines is 1. The molecule has 144 valence electrons. The van der Waals surface area contributed by atoms with Gasteiger partial charge in [0, 0.05) is 35.5 Å². The molecule has 6 heteroatoms. The third kappa shape index (κ3) is 3.66. The minimum absolute atomic E-state index is 0.283. The maximum atomic E-state index is 5.96. The second kappa shape index (κ2) is 7.97. The summed E-state index contributed by atoms with van der Waals surface area (Å²) in [5, 5.41) is 2.14. The van der Waals surface area contributed by atoms with E-state index in [4.69, 9.17) is 14.7 Å². The van der Waals surface area contributed by atoms with E-state index in [9.17, 15) is 0 Å². The molecule has 1 saturated heterocycles. The lowest BCUT2D eigenvalue weighted by Crippen LogP contribution is -2.33. The average Bonchev–Trinajstić information content (AvgIpc) is 3.50. The van der Waals surface area contributed by atoms with E-state index in [1.807, 2.05) is 18.2 Å². The number of hydrogen-bond acceptors (Lipinski definition) is 6. The molecule has 0 spiro atoms. The molecule has 1 aliphatic carbocycles. The number of hydrogen-bond donors (Lipinski definition) is 0. The largest absolute Gasteiger partial charge is 0.376 e. The van der Waals surface area contributed by atoms with Crippen LogP contribution in [-0.4, -0.2) is 34.2 Å². The predicted molar refractivity (Wildman–Crippen MR) is 112 cm³/mol. The Morgan fingerprint density at radius 3 is 2.89 bits per heavy atom. The Bertz CT molecular complexity index is 923. The lowest BCUT2D eigenvalue weighted by atomic mass is 10.1. The fraction of sp³-hybridized carbons (Fsp3) is 0.409. The average molecular weight is 393 g/mol. The smallest absolute Gasteiger partial charge is 0.180 e. The summed E-state index contributed by atoms with van der Waals surface area (Å²) in [6.07, 6.45) is 7.60. The van der Waals surface area contributed by atoms with Gasteiger partial charge in [0.05, 0.1) is 12.6 Å². The third-order valence-corrected chi connectivity index (χ3v) is 6.34. The SMILES string of the molecule is c1ccc(-c2nc3c(c(N(Cc4cccs4)CC4CCCO4)n2)CCC3)nc1. The van der Waals surface area contributed by atoms with Crippen LogP contribution >= 0.6 is 11.3 Å². The Kier molecular flexibility index (Phi) is 5.06. The summed E-state index contributed by atoms with van der Waals surface area (Å²) < 4.78 is 5.96. The third-order valence-electron chi connectivity index (χ3n) is 5.48. The second-order valence-electron chi connectivity index (χ2n) is 7.46. The minimum atomic E-state index is 0.283. The molecule has 2 aliphatic rings. The van der Waals surface area contributed by atoms with Crippen LogP contribution in [0.15, 0.2) is 41.9 Å². The number of ether oxygens (including phenoxy) is 1. The van der Waals surface area contributed by atoms with Gasteiger partial charge in [-0.3, -0.25) is 4.98 Å². The van der Waals surface area contributed by atoms with Gasteiger partial charge < -0.3 is 9.64 Å². The molecule has 0 N–H and O–H groups in total. The Hall–Kier alpha value is -2.31.